The molecule has 0 aliphatic heterocycles. The molecular weight excluding hydrogens is 279 g/mol. The van der Waals surface area contributed by atoms with E-state index >= 15 is 0 Å². The van der Waals surface area contributed by atoms with Crippen LogP contribution in [0.15, 0.2) is 18.2 Å². The van der Waals surface area contributed by atoms with Crippen molar-refractivity contribution >= 4 is 11.6 Å². The van der Waals surface area contributed by atoms with Gasteiger partial charge in [-0.15, -0.1) is 0 Å². The molecule has 108 valence electrons. The van der Waals surface area contributed by atoms with E-state index in [9.17, 15) is 13.2 Å². The van der Waals surface area contributed by atoms with E-state index in [-0.39, 0.29) is 11.8 Å². The molecular formula is C13H17ClF3NO. The van der Waals surface area contributed by atoms with Crippen molar-refractivity contribution in [3.8, 4) is 5.75 Å². The van der Waals surface area contributed by atoms with Gasteiger partial charge >= 0.3 is 6.18 Å². The van der Waals surface area contributed by atoms with Crippen LogP contribution in [0.2, 0.25) is 5.02 Å². The first-order chi connectivity index (χ1) is 8.81. The van der Waals surface area contributed by atoms with E-state index in [4.69, 9.17) is 22.1 Å². The number of ether oxygens (including phenoxy) is 1. The smallest absolute Gasteiger partial charge is 0.392 e. The third-order valence-corrected chi connectivity index (χ3v) is 2.96. The van der Waals surface area contributed by atoms with Crippen LogP contribution in [-0.4, -0.2) is 18.8 Å². The summed E-state index contributed by atoms with van der Waals surface area (Å²) in [5.74, 6) is 0.264. The predicted molar refractivity (Wildman–Crippen MR) is 69.6 cm³/mol. The largest absolute Gasteiger partial charge is 0.492 e. The van der Waals surface area contributed by atoms with Crippen LogP contribution in [0.4, 0.5) is 13.2 Å². The molecule has 0 heterocycles. The van der Waals surface area contributed by atoms with Gasteiger partial charge < -0.3 is 10.5 Å². The molecule has 0 aromatic heterocycles. The Balaban J connectivity index is 2.57. The monoisotopic (exact) mass is 295 g/mol. The maximum Gasteiger partial charge on any atom is 0.392 e. The SMILES string of the molecule is CCC(N)Cc1ccc(OCCC(F)(F)F)c(Cl)c1. The van der Waals surface area contributed by atoms with Gasteiger partial charge in [-0.3, -0.25) is 0 Å². The third kappa shape index (κ3) is 6.16. The molecule has 1 unspecified atom stereocenters. The lowest BCUT2D eigenvalue weighted by Gasteiger charge is -2.12. The lowest BCUT2D eigenvalue weighted by atomic mass is 10.0. The number of alkyl halides is 3. The van der Waals surface area contributed by atoms with E-state index in [1.807, 2.05) is 6.92 Å². The molecule has 0 spiro atoms. The second-order valence-electron chi connectivity index (χ2n) is 4.35. The topological polar surface area (TPSA) is 35.2 Å². The highest BCUT2D eigenvalue weighted by atomic mass is 35.5. The Morgan fingerprint density at radius 3 is 2.58 bits per heavy atom. The summed E-state index contributed by atoms with van der Waals surface area (Å²) in [6.45, 7) is 1.55. The minimum absolute atomic E-state index is 0.0491. The third-order valence-electron chi connectivity index (χ3n) is 2.66. The van der Waals surface area contributed by atoms with Crippen LogP contribution in [0, 0.1) is 0 Å². The van der Waals surface area contributed by atoms with Gasteiger partial charge in [0.1, 0.15) is 5.75 Å². The summed E-state index contributed by atoms with van der Waals surface area (Å²) in [5.41, 5.74) is 6.77. The second kappa shape index (κ2) is 7.01. The molecule has 0 aliphatic rings. The highest BCUT2D eigenvalue weighted by Crippen LogP contribution is 2.27. The molecule has 0 fully saturated rings. The summed E-state index contributed by atoms with van der Waals surface area (Å²) in [6.07, 6.45) is -3.69. The first kappa shape index (κ1) is 16.1. The number of hydrogen-bond acceptors (Lipinski definition) is 2. The normalized spacial score (nSPS) is 13.4. The summed E-state index contributed by atoms with van der Waals surface area (Å²) >= 11 is 5.96. The molecule has 19 heavy (non-hydrogen) atoms. The van der Waals surface area contributed by atoms with Crippen molar-refractivity contribution in [1.29, 1.82) is 0 Å². The fourth-order valence-corrected chi connectivity index (χ4v) is 1.77. The van der Waals surface area contributed by atoms with E-state index < -0.39 is 19.2 Å². The van der Waals surface area contributed by atoms with Crippen LogP contribution in [-0.2, 0) is 6.42 Å². The summed E-state index contributed by atoms with van der Waals surface area (Å²) in [5, 5.41) is 0.308. The van der Waals surface area contributed by atoms with Crippen molar-refractivity contribution in [2.24, 2.45) is 5.73 Å². The van der Waals surface area contributed by atoms with Crippen molar-refractivity contribution < 1.29 is 17.9 Å². The van der Waals surface area contributed by atoms with Gasteiger partial charge in [-0.1, -0.05) is 24.6 Å². The summed E-state index contributed by atoms with van der Waals surface area (Å²) < 4.78 is 41.0. The Hall–Kier alpha value is -0.940. The van der Waals surface area contributed by atoms with Crippen LogP contribution in [0.5, 0.6) is 5.75 Å². The molecule has 0 saturated carbocycles. The molecule has 6 heteroatoms. The highest BCUT2D eigenvalue weighted by Gasteiger charge is 2.26. The summed E-state index contributed by atoms with van der Waals surface area (Å²) in [4.78, 5) is 0. The molecule has 2 nitrogen and oxygen atoms in total. The van der Waals surface area contributed by atoms with Gasteiger partial charge in [0.2, 0.25) is 0 Å². The van der Waals surface area contributed by atoms with Gasteiger partial charge in [-0.2, -0.15) is 13.2 Å². The maximum atomic E-state index is 12.0. The van der Waals surface area contributed by atoms with E-state index in [0.29, 0.717) is 11.4 Å². The van der Waals surface area contributed by atoms with E-state index in [2.05, 4.69) is 0 Å². The minimum Gasteiger partial charge on any atom is -0.492 e. The van der Waals surface area contributed by atoms with E-state index in [0.717, 1.165) is 12.0 Å². The van der Waals surface area contributed by atoms with Gasteiger partial charge in [0.05, 0.1) is 18.1 Å². The Bertz CT molecular complexity index is 409. The zero-order chi connectivity index (χ0) is 14.5. The van der Waals surface area contributed by atoms with Crippen LogP contribution >= 0.6 is 11.6 Å². The molecule has 0 radical (unpaired) electrons. The Morgan fingerprint density at radius 1 is 1.37 bits per heavy atom. The average molecular weight is 296 g/mol. The van der Waals surface area contributed by atoms with Crippen molar-refractivity contribution in [3.63, 3.8) is 0 Å². The molecule has 0 amide bonds. The predicted octanol–water partition coefficient (Wildman–Crippen LogP) is 3.95. The van der Waals surface area contributed by atoms with Crippen LogP contribution in [0.3, 0.4) is 0 Å². The molecule has 2 N–H and O–H groups in total. The zero-order valence-electron chi connectivity index (χ0n) is 10.6. The number of hydrogen-bond donors (Lipinski definition) is 1. The number of rotatable bonds is 6. The highest BCUT2D eigenvalue weighted by molar-refractivity contribution is 6.32. The first-order valence-electron chi connectivity index (χ1n) is 6.05. The molecule has 1 rings (SSSR count). The summed E-state index contributed by atoms with van der Waals surface area (Å²) in [6, 6.07) is 5.08. The zero-order valence-corrected chi connectivity index (χ0v) is 11.4. The van der Waals surface area contributed by atoms with Crippen molar-refractivity contribution in [3.05, 3.63) is 28.8 Å². The molecule has 0 bridgehead atoms. The van der Waals surface area contributed by atoms with Gasteiger partial charge in [0, 0.05) is 6.04 Å². The van der Waals surface area contributed by atoms with Crippen molar-refractivity contribution in [1.82, 2.24) is 0 Å². The Kier molecular flexibility index (Phi) is 5.94. The lowest BCUT2D eigenvalue weighted by Crippen LogP contribution is -2.21. The van der Waals surface area contributed by atoms with Gasteiger partial charge in [-0.25, -0.2) is 0 Å². The number of nitrogens with two attached hydrogens (primary N) is 1. The minimum atomic E-state index is -4.22. The fourth-order valence-electron chi connectivity index (χ4n) is 1.51. The van der Waals surface area contributed by atoms with E-state index in [1.54, 1.807) is 18.2 Å². The number of benzene rings is 1. The molecule has 0 saturated heterocycles. The lowest BCUT2D eigenvalue weighted by molar-refractivity contribution is -0.139. The van der Waals surface area contributed by atoms with Crippen LogP contribution in [0.1, 0.15) is 25.3 Å². The Morgan fingerprint density at radius 2 is 2.05 bits per heavy atom. The molecule has 1 atom stereocenters. The van der Waals surface area contributed by atoms with E-state index in [1.165, 1.54) is 0 Å². The average Bonchev–Trinajstić information content (AvgIpc) is 2.30. The second-order valence-corrected chi connectivity index (χ2v) is 4.76. The molecule has 0 aliphatic carbocycles. The van der Waals surface area contributed by atoms with Gasteiger partial charge in [-0.05, 0) is 30.5 Å². The maximum absolute atomic E-state index is 12.0. The first-order valence-corrected chi connectivity index (χ1v) is 6.43. The Labute approximate surface area is 115 Å². The fraction of sp³-hybridized carbons (Fsp3) is 0.538. The molecule has 1 aromatic carbocycles. The van der Waals surface area contributed by atoms with Crippen molar-refractivity contribution in [2.45, 2.75) is 38.4 Å². The number of halogens is 4. The van der Waals surface area contributed by atoms with Crippen LogP contribution in [0.25, 0.3) is 0 Å². The van der Waals surface area contributed by atoms with Gasteiger partial charge in [0.25, 0.3) is 0 Å². The quantitative estimate of drug-likeness (QED) is 0.862. The summed E-state index contributed by atoms with van der Waals surface area (Å²) in [7, 11) is 0. The van der Waals surface area contributed by atoms with Crippen LogP contribution < -0.4 is 10.5 Å². The molecule has 1 aromatic rings. The standard InChI is InChI=1S/C13H17ClF3NO/c1-2-10(18)7-9-3-4-12(11(14)8-9)19-6-5-13(15,16)17/h3-4,8,10H,2,5-7,18H2,1H3. The van der Waals surface area contributed by atoms with Gasteiger partial charge in [0.15, 0.2) is 0 Å². The van der Waals surface area contributed by atoms with Crippen molar-refractivity contribution in [2.75, 3.05) is 6.61 Å².